The Bertz CT molecular complexity index is 959. The average Bonchev–Trinajstić information content (AvgIpc) is 3.18. The summed E-state index contributed by atoms with van der Waals surface area (Å²) < 4.78 is 5.17. The third-order valence-corrected chi connectivity index (χ3v) is 6.12. The van der Waals surface area contributed by atoms with Crippen LogP contribution in [0.3, 0.4) is 0 Å². The van der Waals surface area contributed by atoms with Gasteiger partial charge >= 0.3 is 0 Å². The Hall–Kier alpha value is -3.28. The van der Waals surface area contributed by atoms with E-state index in [-0.39, 0.29) is 22.9 Å². The molecule has 0 saturated heterocycles. The second-order valence-electron chi connectivity index (χ2n) is 7.31. The molecule has 1 saturated carbocycles. The number of fused-ring (bicyclic) bond motifs is 1. The number of rotatable bonds is 4. The lowest BCUT2D eigenvalue weighted by atomic mass is 9.70. The van der Waals surface area contributed by atoms with Gasteiger partial charge in [-0.3, -0.25) is 19.7 Å². The molecular weight excluding hydrogens is 358 g/mol. The highest BCUT2D eigenvalue weighted by Crippen LogP contribution is 2.59. The molecule has 1 fully saturated rings. The maximum absolute atomic E-state index is 13.5. The fourth-order valence-corrected chi connectivity index (χ4v) is 4.88. The smallest absolute Gasteiger partial charge is 0.227 e. The number of hydrogen-bond donors (Lipinski definition) is 0. The van der Waals surface area contributed by atoms with E-state index >= 15 is 0 Å². The fraction of sp³-hybridized carbons (Fsp3) is 0.273. The Balaban J connectivity index is 1.94. The monoisotopic (exact) mass is 377 g/mol. The fourth-order valence-electron chi connectivity index (χ4n) is 4.88. The number of ether oxygens (including phenoxy) is 1. The zero-order valence-corrected chi connectivity index (χ0v) is 15.3. The minimum atomic E-state index is -1.48. The molecule has 0 aromatic heterocycles. The number of benzene rings is 2. The lowest BCUT2D eigenvalue weighted by Crippen LogP contribution is -2.40. The number of ketones is 2. The molecule has 4 rings (SSSR count). The highest BCUT2D eigenvalue weighted by Gasteiger charge is 2.68. The van der Waals surface area contributed by atoms with Crippen LogP contribution in [0, 0.1) is 21.4 Å². The van der Waals surface area contributed by atoms with Gasteiger partial charge in [0.2, 0.25) is 6.04 Å². The van der Waals surface area contributed by atoms with E-state index in [4.69, 9.17) is 4.74 Å². The van der Waals surface area contributed by atoms with Gasteiger partial charge in [0, 0.05) is 22.0 Å². The summed E-state index contributed by atoms with van der Waals surface area (Å²) in [4.78, 5) is 38.6. The van der Waals surface area contributed by atoms with Gasteiger partial charge in [-0.25, -0.2) is 0 Å². The second-order valence-corrected chi connectivity index (χ2v) is 7.31. The number of Topliss-reactive ketones (excluding diaryl/α,β-unsaturated/α-hetero) is 2. The Morgan fingerprint density at radius 1 is 1.11 bits per heavy atom. The Morgan fingerprint density at radius 2 is 1.68 bits per heavy atom. The van der Waals surface area contributed by atoms with Gasteiger partial charge in [0.05, 0.1) is 13.0 Å². The van der Waals surface area contributed by atoms with E-state index < -0.39 is 23.3 Å². The summed E-state index contributed by atoms with van der Waals surface area (Å²) in [6, 6.07) is 12.3. The first-order valence-electron chi connectivity index (χ1n) is 9.04. The Labute approximate surface area is 162 Å². The summed E-state index contributed by atoms with van der Waals surface area (Å²) in [5, 5.41) is 12.0. The van der Waals surface area contributed by atoms with Gasteiger partial charge in [-0.15, -0.1) is 6.58 Å². The van der Waals surface area contributed by atoms with Crippen LogP contribution in [-0.4, -0.2) is 29.6 Å². The van der Waals surface area contributed by atoms with Crippen LogP contribution >= 0.6 is 0 Å². The first-order chi connectivity index (χ1) is 13.5. The number of hydrogen-bond acceptors (Lipinski definition) is 5. The molecule has 2 aromatic rings. The van der Waals surface area contributed by atoms with Crippen LogP contribution in [-0.2, 0) is 0 Å². The molecule has 0 heterocycles. The number of carbonyl (C=O) groups excluding carboxylic acids is 2. The standard InChI is InChI=1S/C22H19NO5/c1-3-13-12-22(20(24)16-6-4-5-7-17(16)21(22)25)18(19(13)23(26)27)14-8-10-15(28-2)11-9-14/h3-11,13,18-19H,1,12H2,2H3/t13-,18+,19-/m1/s1. The van der Waals surface area contributed by atoms with Crippen molar-refractivity contribution in [1.29, 1.82) is 0 Å². The lowest BCUT2D eigenvalue weighted by Gasteiger charge is -2.28. The van der Waals surface area contributed by atoms with Gasteiger partial charge in [-0.05, 0) is 24.1 Å². The van der Waals surface area contributed by atoms with Crippen LogP contribution in [0.2, 0.25) is 0 Å². The molecule has 6 nitrogen and oxygen atoms in total. The summed E-state index contributed by atoms with van der Waals surface area (Å²) in [6.07, 6.45) is 1.59. The zero-order valence-electron chi connectivity index (χ0n) is 15.3. The number of methoxy groups -OCH3 is 1. The van der Waals surface area contributed by atoms with E-state index in [9.17, 15) is 19.7 Å². The molecule has 0 N–H and O–H groups in total. The van der Waals surface area contributed by atoms with Gasteiger partial charge in [0.1, 0.15) is 11.2 Å². The van der Waals surface area contributed by atoms with Crippen LogP contribution in [0.15, 0.2) is 61.2 Å². The highest BCUT2D eigenvalue weighted by molar-refractivity contribution is 6.30. The highest BCUT2D eigenvalue weighted by atomic mass is 16.6. The summed E-state index contributed by atoms with van der Waals surface area (Å²) in [6.45, 7) is 3.74. The molecule has 3 atom stereocenters. The summed E-state index contributed by atoms with van der Waals surface area (Å²) in [5.41, 5.74) is -0.202. The zero-order chi connectivity index (χ0) is 20.1. The van der Waals surface area contributed by atoms with E-state index in [0.717, 1.165) is 0 Å². The van der Waals surface area contributed by atoms with Gasteiger partial charge in [-0.1, -0.05) is 42.5 Å². The average molecular weight is 377 g/mol. The first kappa shape index (κ1) is 18.1. The van der Waals surface area contributed by atoms with Gasteiger partial charge in [-0.2, -0.15) is 0 Å². The van der Waals surface area contributed by atoms with Crippen molar-refractivity contribution in [1.82, 2.24) is 0 Å². The summed E-state index contributed by atoms with van der Waals surface area (Å²) in [5.74, 6) is -1.51. The number of nitro groups is 1. The maximum atomic E-state index is 13.5. The molecule has 2 aliphatic carbocycles. The topological polar surface area (TPSA) is 86.5 Å². The molecule has 6 heteroatoms. The van der Waals surface area contributed by atoms with Crippen LogP contribution in [0.4, 0.5) is 0 Å². The molecule has 0 amide bonds. The molecule has 142 valence electrons. The third-order valence-electron chi connectivity index (χ3n) is 6.12. The molecule has 1 spiro atoms. The second kappa shape index (κ2) is 6.41. The van der Waals surface area contributed by atoms with Crippen molar-refractivity contribution in [2.24, 2.45) is 11.3 Å². The molecule has 2 aromatic carbocycles. The number of carbonyl (C=O) groups is 2. The molecule has 0 aliphatic heterocycles. The van der Waals surface area contributed by atoms with E-state index in [1.54, 1.807) is 48.5 Å². The van der Waals surface area contributed by atoms with Crippen molar-refractivity contribution in [3.8, 4) is 5.75 Å². The van der Waals surface area contributed by atoms with Crippen molar-refractivity contribution < 1.29 is 19.2 Å². The van der Waals surface area contributed by atoms with E-state index in [2.05, 4.69) is 6.58 Å². The van der Waals surface area contributed by atoms with Crippen molar-refractivity contribution in [3.05, 3.63) is 88.0 Å². The van der Waals surface area contributed by atoms with Crippen LogP contribution in [0.5, 0.6) is 5.75 Å². The van der Waals surface area contributed by atoms with Crippen molar-refractivity contribution in [2.75, 3.05) is 7.11 Å². The van der Waals surface area contributed by atoms with Crippen molar-refractivity contribution in [3.63, 3.8) is 0 Å². The van der Waals surface area contributed by atoms with Crippen molar-refractivity contribution >= 4 is 11.6 Å². The van der Waals surface area contributed by atoms with E-state index in [1.165, 1.54) is 13.2 Å². The van der Waals surface area contributed by atoms with Crippen LogP contribution in [0.1, 0.15) is 38.6 Å². The maximum Gasteiger partial charge on any atom is 0.227 e. The van der Waals surface area contributed by atoms with Crippen molar-refractivity contribution in [2.45, 2.75) is 18.4 Å². The molecule has 28 heavy (non-hydrogen) atoms. The molecule has 0 radical (unpaired) electrons. The van der Waals surface area contributed by atoms with Crippen LogP contribution < -0.4 is 4.74 Å². The van der Waals surface area contributed by atoms with E-state index in [0.29, 0.717) is 22.4 Å². The minimum Gasteiger partial charge on any atom is -0.497 e. The SMILES string of the molecule is C=C[C@@H]1CC2(C(=O)c3ccccc3C2=O)[C@@H](c2ccc(OC)cc2)[C@@H]1[N+](=O)[O-]. The molecule has 0 bridgehead atoms. The van der Waals surface area contributed by atoms with Gasteiger partial charge in [0.15, 0.2) is 11.6 Å². The Morgan fingerprint density at radius 3 is 2.14 bits per heavy atom. The van der Waals surface area contributed by atoms with Crippen LogP contribution in [0.25, 0.3) is 0 Å². The predicted octanol–water partition coefficient (Wildman–Crippen LogP) is 3.70. The third kappa shape index (κ3) is 2.27. The molecular formula is C22H19NO5. The van der Waals surface area contributed by atoms with Gasteiger partial charge in [0.25, 0.3) is 0 Å². The molecule has 0 unspecified atom stereocenters. The minimum absolute atomic E-state index is 0.0885. The number of nitrogens with zero attached hydrogens (tertiary/aromatic N) is 1. The van der Waals surface area contributed by atoms with Gasteiger partial charge < -0.3 is 4.74 Å². The summed E-state index contributed by atoms with van der Waals surface area (Å²) in [7, 11) is 1.53. The quantitative estimate of drug-likeness (QED) is 0.351. The Kier molecular flexibility index (Phi) is 4.14. The molecule has 2 aliphatic rings. The lowest BCUT2D eigenvalue weighted by molar-refractivity contribution is -0.530. The van der Waals surface area contributed by atoms with E-state index in [1.807, 2.05) is 0 Å². The predicted molar refractivity (Wildman–Crippen MR) is 102 cm³/mol. The summed E-state index contributed by atoms with van der Waals surface area (Å²) >= 11 is 0. The first-order valence-corrected chi connectivity index (χ1v) is 9.04. The largest absolute Gasteiger partial charge is 0.497 e. The normalized spacial score (nSPS) is 25.0.